The Morgan fingerprint density at radius 1 is 1.08 bits per heavy atom. The van der Waals surface area contributed by atoms with Crippen LogP contribution in [0.3, 0.4) is 0 Å². The summed E-state index contributed by atoms with van der Waals surface area (Å²) in [6, 6.07) is 5.38. The van der Waals surface area contributed by atoms with Crippen molar-refractivity contribution in [3.05, 3.63) is 48.2 Å². The number of carbonyl (C=O) groups is 1. The van der Waals surface area contributed by atoms with E-state index in [0.717, 1.165) is 5.69 Å². The third-order valence-electron chi connectivity index (χ3n) is 4.16. The number of rotatable bonds is 2. The molecule has 4 rings (SSSR count). The summed E-state index contributed by atoms with van der Waals surface area (Å²) in [5.41, 5.74) is 2.05. The minimum atomic E-state index is -0.0459. The van der Waals surface area contributed by atoms with E-state index in [9.17, 15) is 4.79 Å². The van der Waals surface area contributed by atoms with Gasteiger partial charge in [-0.25, -0.2) is 19.5 Å². The molecule has 0 saturated carbocycles. The highest BCUT2D eigenvalue weighted by atomic mass is 16.2. The lowest BCUT2D eigenvalue weighted by molar-refractivity contribution is 0.0740. The van der Waals surface area contributed by atoms with Gasteiger partial charge in [0.05, 0.1) is 6.20 Å². The van der Waals surface area contributed by atoms with Gasteiger partial charge in [0.2, 0.25) is 5.95 Å². The summed E-state index contributed by atoms with van der Waals surface area (Å²) in [6.45, 7) is 4.60. The minimum Gasteiger partial charge on any atom is -0.337 e. The smallest absolute Gasteiger partial charge is 0.272 e. The van der Waals surface area contributed by atoms with Crippen LogP contribution < -0.4 is 4.90 Å². The van der Waals surface area contributed by atoms with Crippen molar-refractivity contribution >= 4 is 17.5 Å². The molecular formula is C16H17N7O. The normalized spacial score (nSPS) is 15.0. The average molecular weight is 323 g/mol. The number of fused-ring (bicyclic) bond motifs is 1. The SMILES string of the molecule is Cc1cc(C(=O)N2CCN(c3ncccn3)CC2)nc2ccnn12. The van der Waals surface area contributed by atoms with Crippen molar-refractivity contribution in [3.63, 3.8) is 0 Å². The van der Waals surface area contributed by atoms with Crippen LogP contribution in [0.1, 0.15) is 16.2 Å². The number of hydrogen-bond acceptors (Lipinski definition) is 6. The van der Waals surface area contributed by atoms with Crippen molar-refractivity contribution in [2.45, 2.75) is 6.92 Å². The van der Waals surface area contributed by atoms with E-state index < -0.39 is 0 Å². The fourth-order valence-corrected chi connectivity index (χ4v) is 2.90. The van der Waals surface area contributed by atoms with Gasteiger partial charge >= 0.3 is 0 Å². The second-order valence-electron chi connectivity index (χ2n) is 5.71. The van der Waals surface area contributed by atoms with Crippen LogP contribution in [0.2, 0.25) is 0 Å². The second-order valence-corrected chi connectivity index (χ2v) is 5.71. The molecule has 0 N–H and O–H groups in total. The van der Waals surface area contributed by atoms with E-state index in [1.54, 1.807) is 41.3 Å². The van der Waals surface area contributed by atoms with E-state index >= 15 is 0 Å². The highest BCUT2D eigenvalue weighted by molar-refractivity contribution is 5.93. The molecule has 0 bridgehead atoms. The number of piperazine rings is 1. The summed E-state index contributed by atoms with van der Waals surface area (Å²) < 4.78 is 1.72. The Hall–Kier alpha value is -3.03. The van der Waals surface area contributed by atoms with Crippen LogP contribution in [-0.2, 0) is 0 Å². The Morgan fingerprint density at radius 2 is 1.83 bits per heavy atom. The van der Waals surface area contributed by atoms with Gasteiger partial charge in [-0.3, -0.25) is 4.79 Å². The average Bonchev–Trinajstić information content (AvgIpc) is 3.11. The molecule has 1 saturated heterocycles. The van der Waals surface area contributed by atoms with E-state index in [4.69, 9.17) is 0 Å². The number of carbonyl (C=O) groups excluding carboxylic acids is 1. The zero-order chi connectivity index (χ0) is 16.5. The fraction of sp³-hybridized carbons (Fsp3) is 0.312. The highest BCUT2D eigenvalue weighted by Gasteiger charge is 2.24. The van der Waals surface area contributed by atoms with E-state index in [2.05, 4.69) is 25.0 Å². The van der Waals surface area contributed by atoms with E-state index in [0.29, 0.717) is 43.5 Å². The molecule has 122 valence electrons. The van der Waals surface area contributed by atoms with Crippen LogP contribution in [0.25, 0.3) is 5.65 Å². The molecule has 0 radical (unpaired) electrons. The molecular weight excluding hydrogens is 306 g/mol. The first kappa shape index (κ1) is 14.6. The van der Waals surface area contributed by atoms with Crippen molar-refractivity contribution in [3.8, 4) is 0 Å². The summed E-state index contributed by atoms with van der Waals surface area (Å²) in [4.78, 5) is 29.6. The third-order valence-corrected chi connectivity index (χ3v) is 4.16. The molecule has 0 spiro atoms. The van der Waals surface area contributed by atoms with Crippen LogP contribution in [0.15, 0.2) is 36.8 Å². The molecule has 0 aliphatic carbocycles. The molecule has 24 heavy (non-hydrogen) atoms. The summed E-state index contributed by atoms with van der Waals surface area (Å²) in [6.07, 6.45) is 5.14. The van der Waals surface area contributed by atoms with Gasteiger partial charge in [0.1, 0.15) is 5.69 Å². The van der Waals surface area contributed by atoms with Gasteiger partial charge in [-0.2, -0.15) is 5.10 Å². The molecule has 1 amide bonds. The largest absolute Gasteiger partial charge is 0.337 e. The first-order valence-electron chi connectivity index (χ1n) is 7.85. The van der Waals surface area contributed by atoms with Crippen LogP contribution in [0, 0.1) is 6.92 Å². The first-order valence-corrected chi connectivity index (χ1v) is 7.85. The summed E-state index contributed by atoms with van der Waals surface area (Å²) in [5.74, 6) is 0.662. The second kappa shape index (κ2) is 5.88. The Balaban J connectivity index is 1.49. The van der Waals surface area contributed by atoms with Crippen LogP contribution in [0.5, 0.6) is 0 Å². The topological polar surface area (TPSA) is 79.5 Å². The Morgan fingerprint density at radius 3 is 2.58 bits per heavy atom. The maximum Gasteiger partial charge on any atom is 0.272 e. The predicted octanol–water partition coefficient (Wildman–Crippen LogP) is 0.790. The summed E-state index contributed by atoms with van der Waals surface area (Å²) in [5, 5.41) is 4.18. The van der Waals surface area contributed by atoms with Crippen molar-refractivity contribution < 1.29 is 4.79 Å². The lowest BCUT2D eigenvalue weighted by Crippen LogP contribution is -2.49. The molecule has 1 fully saturated rings. The molecule has 3 aromatic heterocycles. The maximum absolute atomic E-state index is 12.7. The van der Waals surface area contributed by atoms with Gasteiger partial charge in [-0.05, 0) is 19.1 Å². The molecule has 8 heteroatoms. The van der Waals surface area contributed by atoms with E-state index in [1.807, 2.05) is 11.8 Å². The number of aromatic nitrogens is 5. The predicted molar refractivity (Wildman–Crippen MR) is 87.9 cm³/mol. The molecule has 4 heterocycles. The highest BCUT2D eigenvalue weighted by Crippen LogP contribution is 2.13. The molecule has 0 atom stereocenters. The van der Waals surface area contributed by atoms with Crippen molar-refractivity contribution in [1.82, 2.24) is 29.5 Å². The number of hydrogen-bond donors (Lipinski definition) is 0. The third kappa shape index (κ3) is 2.55. The lowest BCUT2D eigenvalue weighted by Gasteiger charge is -2.34. The van der Waals surface area contributed by atoms with Crippen molar-refractivity contribution in [1.29, 1.82) is 0 Å². The quantitative estimate of drug-likeness (QED) is 0.694. The van der Waals surface area contributed by atoms with E-state index in [-0.39, 0.29) is 5.91 Å². The number of anilines is 1. The van der Waals surface area contributed by atoms with E-state index in [1.165, 1.54) is 0 Å². The molecule has 1 aliphatic heterocycles. The Kier molecular flexibility index (Phi) is 3.56. The molecule has 0 aromatic carbocycles. The summed E-state index contributed by atoms with van der Waals surface area (Å²) >= 11 is 0. The van der Waals surface area contributed by atoms with Gasteiger partial charge in [-0.15, -0.1) is 0 Å². The van der Waals surface area contributed by atoms with Crippen molar-refractivity contribution in [2.24, 2.45) is 0 Å². The summed E-state index contributed by atoms with van der Waals surface area (Å²) in [7, 11) is 0. The van der Waals surface area contributed by atoms with Crippen molar-refractivity contribution in [2.75, 3.05) is 31.1 Å². The number of amides is 1. The lowest BCUT2D eigenvalue weighted by atomic mass is 10.2. The number of aryl methyl sites for hydroxylation is 1. The van der Waals surface area contributed by atoms with Crippen LogP contribution >= 0.6 is 0 Å². The zero-order valence-corrected chi connectivity index (χ0v) is 13.3. The Bertz CT molecular complexity index is 869. The standard InChI is InChI=1S/C16H17N7O/c1-12-11-13(20-14-3-6-19-23(12)14)15(24)21-7-9-22(10-8-21)16-17-4-2-5-18-16/h2-6,11H,7-10H2,1H3. The van der Waals surface area contributed by atoms with Gasteiger partial charge in [0.25, 0.3) is 5.91 Å². The van der Waals surface area contributed by atoms with Crippen LogP contribution in [0.4, 0.5) is 5.95 Å². The number of nitrogens with zero attached hydrogens (tertiary/aromatic N) is 7. The maximum atomic E-state index is 12.7. The van der Waals surface area contributed by atoms with Gasteiger partial charge in [0, 0.05) is 50.3 Å². The van der Waals surface area contributed by atoms with Gasteiger partial charge in [0.15, 0.2) is 5.65 Å². The van der Waals surface area contributed by atoms with Crippen LogP contribution in [-0.4, -0.2) is 61.6 Å². The fourth-order valence-electron chi connectivity index (χ4n) is 2.90. The zero-order valence-electron chi connectivity index (χ0n) is 13.3. The first-order chi connectivity index (χ1) is 11.7. The van der Waals surface area contributed by atoms with Gasteiger partial charge in [-0.1, -0.05) is 0 Å². The minimum absolute atomic E-state index is 0.0459. The Labute approximate surface area is 138 Å². The molecule has 0 unspecified atom stereocenters. The monoisotopic (exact) mass is 323 g/mol. The molecule has 3 aromatic rings. The molecule has 1 aliphatic rings. The van der Waals surface area contributed by atoms with Gasteiger partial charge < -0.3 is 9.80 Å². The molecule has 8 nitrogen and oxygen atoms in total.